The lowest BCUT2D eigenvalue weighted by Gasteiger charge is -2.15. The first-order valence-electron chi connectivity index (χ1n) is 6.97. The summed E-state index contributed by atoms with van der Waals surface area (Å²) in [6.45, 7) is 0. The summed E-state index contributed by atoms with van der Waals surface area (Å²) in [6.07, 6.45) is 0. The number of hydrogen-bond donors (Lipinski definition) is 4. The van der Waals surface area contributed by atoms with E-state index in [9.17, 15) is 4.79 Å². The molecule has 0 heterocycles. The highest BCUT2D eigenvalue weighted by molar-refractivity contribution is 6.25. The Morgan fingerprint density at radius 3 is 2.18 bits per heavy atom. The molecule has 22 heavy (non-hydrogen) atoms. The van der Waals surface area contributed by atoms with Crippen molar-refractivity contribution >= 4 is 44.0 Å². The molecule has 4 aromatic rings. The van der Waals surface area contributed by atoms with Crippen molar-refractivity contribution in [2.75, 3.05) is 5.43 Å². The van der Waals surface area contributed by atoms with Crippen molar-refractivity contribution in [1.29, 1.82) is 0 Å². The molecular weight excluding hydrogens is 276 g/mol. The maximum atomic E-state index is 11.2. The summed E-state index contributed by atoms with van der Waals surface area (Å²) in [7, 11) is 0. The fourth-order valence-electron chi connectivity index (χ4n) is 3.00. The van der Waals surface area contributed by atoms with Crippen LogP contribution in [0.1, 0.15) is 0 Å². The molecule has 0 saturated heterocycles. The van der Waals surface area contributed by atoms with Gasteiger partial charge in [0, 0.05) is 5.39 Å². The second kappa shape index (κ2) is 4.75. The number of benzene rings is 4. The zero-order chi connectivity index (χ0) is 15.1. The zero-order valence-electron chi connectivity index (χ0n) is 11.7. The van der Waals surface area contributed by atoms with E-state index in [4.69, 9.17) is 5.84 Å². The normalized spacial score (nSPS) is 11.1. The third-order valence-corrected chi connectivity index (χ3v) is 3.97. The van der Waals surface area contributed by atoms with Gasteiger partial charge in [0.25, 0.3) is 0 Å². The summed E-state index contributed by atoms with van der Waals surface area (Å²) < 4.78 is 0. The number of carbonyl (C=O) groups is 1. The van der Waals surface area contributed by atoms with Crippen LogP contribution in [0.25, 0.3) is 32.3 Å². The Hall–Kier alpha value is -3.05. The predicted octanol–water partition coefficient (Wildman–Crippen LogP) is 3.08. The van der Waals surface area contributed by atoms with E-state index in [-0.39, 0.29) is 0 Å². The Kier molecular flexibility index (Phi) is 2.74. The summed E-state index contributed by atoms with van der Waals surface area (Å²) in [5.41, 5.74) is 8.25. The average molecular weight is 290 g/mol. The van der Waals surface area contributed by atoms with E-state index >= 15 is 0 Å². The maximum absolute atomic E-state index is 11.2. The molecule has 4 rings (SSSR count). The van der Waals surface area contributed by atoms with Crippen LogP contribution >= 0.6 is 0 Å². The van der Waals surface area contributed by atoms with Crippen LogP contribution in [0.3, 0.4) is 0 Å². The van der Waals surface area contributed by atoms with E-state index in [1.807, 2.05) is 17.6 Å². The summed E-state index contributed by atoms with van der Waals surface area (Å²) >= 11 is 0. The number of anilines is 1. The Morgan fingerprint density at radius 2 is 1.45 bits per heavy atom. The Bertz CT molecular complexity index is 980. The fourth-order valence-corrected chi connectivity index (χ4v) is 3.00. The molecule has 0 fully saturated rings. The number of amides is 2. The van der Waals surface area contributed by atoms with Gasteiger partial charge in [0.1, 0.15) is 0 Å². The van der Waals surface area contributed by atoms with Crippen LogP contribution < -0.4 is 22.1 Å². The quantitative estimate of drug-likeness (QED) is 0.198. The lowest BCUT2D eigenvalue weighted by Crippen LogP contribution is -2.42. The molecule has 5 N–H and O–H groups in total. The van der Waals surface area contributed by atoms with Gasteiger partial charge < -0.3 is 0 Å². The van der Waals surface area contributed by atoms with Gasteiger partial charge in [-0.3, -0.25) is 16.3 Å². The largest absolute Gasteiger partial charge is 0.347 e. The molecular formula is C17H14N4O. The van der Waals surface area contributed by atoms with Crippen LogP contribution in [0.2, 0.25) is 0 Å². The molecule has 108 valence electrons. The zero-order valence-corrected chi connectivity index (χ0v) is 11.7. The number of hydrogen-bond acceptors (Lipinski definition) is 3. The van der Waals surface area contributed by atoms with Gasteiger partial charge in [0.05, 0.1) is 5.69 Å². The van der Waals surface area contributed by atoms with Gasteiger partial charge >= 0.3 is 6.03 Å². The van der Waals surface area contributed by atoms with Gasteiger partial charge in [-0.15, -0.1) is 0 Å². The van der Waals surface area contributed by atoms with E-state index in [0.29, 0.717) is 0 Å². The first-order valence-corrected chi connectivity index (χ1v) is 6.97. The third-order valence-electron chi connectivity index (χ3n) is 3.97. The SMILES string of the molecule is NNC(=O)NNc1ccc2ccc3cccc4ccc1c2c34. The van der Waals surface area contributed by atoms with Crippen molar-refractivity contribution in [3.63, 3.8) is 0 Å². The monoisotopic (exact) mass is 290 g/mol. The molecule has 0 bridgehead atoms. The number of hydrazine groups is 2. The first-order chi connectivity index (χ1) is 10.8. The first kappa shape index (κ1) is 12.7. The minimum Gasteiger partial charge on any atom is -0.297 e. The standard InChI is InChI=1S/C17H14N4O/c18-19-17(22)21-20-14-9-7-12-5-4-10-2-1-3-11-6-8-13(14)16(12)15(10)11/h1-9,20H,18H2,(H2,19,21,22). The van der Waals surface area contributed by atoms with E-state index in [2.05, 4.69) is 53.3 Å². The van der Waals surface area contributed by atoms with Gasteiger partial charge in [0.2, 0.25) is 0 Å². The minimum atomic E-state index is -0.495. The highest BCUT2D eigenvalue weighted by Gasteiger charge is 2.10. The minimum absolute atomic E-state index is 0.495. The number of nitrogens with one attached hydrogen (secondary N) is 3. The summed E-state index contributed by atoms with van der Waals surface area (Å²) in [5, 5.41) is 7.08. The Balaban J connectivity index is 1.98. The molecule has 0 aliphatic heterocycles. The van der Waals surface area contributed by atoms with Crippen molar-refractivity contribution in [2.24, 2.45) is 5.84 Å². The molecule has 0 unspecified atom stereocenters. The molecule has 5 heteroatoms. The molecule has 5 nitrogen and oxygen atoms in total. The molecule has 0 radical (unpaired) electrons. The Labute approximate surface area is 126 Å². The highest BCUT2D eigenvalue weighted by atomic mass is 16.2. The molecule has 0 aromatic heterocycles. The third kappa shape index (κ3) is 1.80. The van der Waals surface area contributed by atoms with Crippen molar-refractivity contribution in [3.8, 4) is 0 Å². The second-order valence-corrected chi connectivity index (χ2v) is 5.19. The van der Waals surface area contributed by atoms with Crippen LogP contribution in [0.15, 0.2) is 54.6 Å². The van der Waals surface area contributed by atoms with E-state index in [1.165, 1.54) is 26.9 Å². The molecule has 0 spiro atoms. The average Bonchev–Trinajstić information content (AvgIpc) is 2.58. The van der Waals surface area contributed by atoms with Crippen molar-refractivity contribution < 1.29 is 4.79 Å². The molecule has 0 atom stereocenters. The smallest absolute Gasteiger partial charge is 0.297 e. The molecule has 0 aliphatic rings. The fraction of sp³-hybridized carbons (Fsp3) is 0. The van der Waals surface area contributed by atoms with E-state index < -0.39 is 6.03 Å². The number of urea groups is 1. The van der Waals surface area contributed by atoms with Gasteiger partial charge in [-0.1, -0.05) is 48.5 Å². The van der Waals surface area contributed by atoms with E-state index in [0.717, 1.165) is 11.1 Å². The van der Waals surface area contributed by atoms with Gasteiger partial charge in [-0.05, 0) is 33.0 Å². The summed E-state index contributed by atoms with van der Waals surface area (Å²) in [6, 6.07) is 18.2. The van der Waals surface area contributed by atoms with E-state index in [1.54, 1.807) is 0 Å². The predicted molar refractivity (Wildman–Crippen MR) is 89.6 cm³/mol. The molecule has 0 saturated carbocycles. The van der Waals surface area contributed by atoms with Crippen molar-refractivity contribution in [3.05, 3.63) is 54.6 Å². The van der Waals surface area contributed by atoms with Gasteiger partial charge in [0.15, 0.2) is 0 Å². The van der Waals surface area contributed by atoms with Crippen LogP contribution in [0.5, 0.6) is 0 Å². The number of carbonyl (C=O) groups excluding carboxylic acids is 1. The lowest BCUT2D eigenvalue weighted by molar-refractivity contribution is 0.243. The molecule has 2 amide bonds. The van der Waals surface area contributed by atoms with Crippen LogP contribution in [-0.4, -0.2) is 6.03 Å². The molecule has 4 aromatic carbocycles. The van der Waals surface area contributed by atoms with Crippen LogP contribution in [0.4, 0.5) is 10.5 Å². The number of rotatable bonds is 2. The molecule has 0 aliphatic carbocycles. The van der Waals surface area contributed by atoms with Gasteiger partial charge in [-0.25, -0.2) is 10.6 Å². The van der Waals surface area contributed by atoms with Crippen molar-refractivity contribution in [1.82, 2.24) is 10.9 Å². The highest BCUT2D eigenvalue weighted by Crippen LogP contribution is 2.37. The topological polar surface area (TPSA) is 79.2 Å². The summed E-state index contributed by atoms with van der Waals surface area (Å²) in [5.74, 6) is 5.07. The van der Waals surface area contributed by atoms with Crippen LogP contribution in [-0.2, 0) is 0 Å². The number of nitrogens with two attached hydrogens (primary N) is 1. The van der Waals surface area contributed by atoms with Crippen molar-refractivity contribution in [2.45, 2.75) is 0 Å². The maximum Gasteiger partial charge on any atom is 0.347 e. The van der Waals surface area contributed by atoms with Gasteiger partial charge in [-0.2, -0.15) is 0 Å². The Morgan fingerprint density at radius 1 is 0.818 bits per heavy atom. The van der Waals surface area contributed by atoms with Crippen LogP contribution in [0, 0.1) is 0 Å². The lowest BCUT2D eigenvalue weighted by atomic mass is 9.94. The summed E-state index contributed by atoms with van der Waals surface area (Å²) in [4.78, 5) is 11.2. The second-order valence-electron chi connectivity index (χ2n) is 5.19.